The summed E-state index contributed by atoms with van der Waals surface area (Å²) in [4.78, 5) is 47.2. The summed E-state index contributed by atoms with van der Waals surface area (Å²) in [5.41, 5.74) is -3.90. The predicted molar refractivity (Wildman–Crippen MR) is 135 cm³/mol. The molecule has 1 aliphatic rings. The van der Waals surface area contributed by atoms with E-state index in [2.05, 4.69) is 30.1 Å². The Bertz CT molecular complexity index is 1910. The van der Waals surface area contributed by atoms with Crippen molar-refractivity contribution in [2.24, 2.45) is 0 Å². The third-order valence-electron chi connectivity index (χ3n) is 4.77. The number of nitrogens with one attached hydrogen (secondary N) is 2. The zero-order valence-electron chi connectivity index (χ0n) is 33.4. The molecule has 2 N–H and O–H groups in total. The van der Waals surface area contributed by atoms with Crippen LogP contribution in [0.1, 0.15) is 28.8 Å². The molecule has 0 spiro atoms. The first-order valence-corrected chi connectivity index (χ1v) is 12.0. The number of anilines is 5. The number of carbonyl (C=O) groups is 1. The van der Waals surface area contributed by atoms with Gasteiger partial charge in [-0.05, 0) is 25.8 Å². The van der Waals surface area contributed by atoms with Crippen molar-refractivity contribution in [2.45, 2.75) is 19.3 Å². The number of amides is 1. The molecule has 0 saturated heterocycles. The molecule has 214 valence electrons. The van der Waals surface area contributed by atoms with Gasteiger partial charge in [0.05, 0.1) is 42.2 Å². The van der Waals surface area contributed by atoms with Crippen molar-refractivity contribution in [3.05, 3.63) is 36.2 Å². The molecule has 4 rings (SSSR count). The van der Waals surface area contributed by atoms with Crippen LogP contribution in [0.2, 0.25) is 0 Å². The Balaban J connectivity index is 0.00000486. The van der Waals surface area contributed by atoms with Gasteiger partial charge < -0.3 is 48.5 Å². The first-order valence-electron chi connectivity index (χ1n) is 16.0. The minimum atomic E-state index is -6.40. The van der Waals surface area contributed by atoms with Crippen LogP contribution in [-0.2, 0) is 13.9 Å². The smallest absolute Gasteiger partial charge is 0.790 e. The second kappa shape index (κ2) is 14.5. The van der Waals surface area contributed by atoms with Crippen LogP contribution in [0.3, 0.4) is 0 Å². The number of halogens is 1. The number of rotatable bonds is 10. The summed E-state index contributed by atoms with van der Waals surface area (Å²) in [5.74, 6) is -8.42. The molecule has 0 bridgehead atoms. The van der Waals surface area contributed by atoms with Gasteiger partial charge >= 0.3 is 59.1 Å². The summed E-state index contributed by atoms with van der Waals surface area (Å²) in [6, 6.07) is 0.369. The molecule has 0 aliphatic carbocycles. The van der Waals surface area contributed by atoms with Gasteiger partial charge in [-0.15, -0.1) is 0 Å². The summed E-state index contributed by atoms with van der Waals surface area (Å²) in [5, 5.41) is 4.81. The number of carbonyl (C=O) groups excluding carboxylic acids is 1. The maximum atomic E-state index is 15.2. The fourth-order valence-electron chi connectivity index (χ4n) is 3.13. The number of methoxy groups -OCH3 is 3. The molecule has 2 aromatic heterocycles. The van der Waals surface area contributed by atoms with Crippen LogP contribution in [0.15, 0.2) is 30.4 Å². The number of pyridine rings is 1. The van der Waals surface area contributed by atoms with Crippen LogP contribution in [0.25, 0.3) is 0 Å². The van der Waals surface area contributed by atoms with Crippen molar-refractivity contribution in [1.82, 2.24) is 15.0 Å². The third kappa shape index (κ3) is 8.23. The largest absolute Gasteiger partial charge is 1.00 e. The zero-order chi connectivity index (χ0) is 38.6. The Kier molecular flexibility index (Phi) is 7.69. The summed E-state index contributed by atoms with van der Waals surface area (Å²) in [7, 11) is -2.40. The third-order valence-corrected chi connectivity index (χ3v) is 5.08. The molecule has 1 aliphatic heterocycles. The first-order chi connectivity index (χ1) is 23.3. The molecular formula is C23H24FN6Na2O9P. The number of aromatic nitrogens is 3. The first kappa shape index (κ1) is 22.3. The number of ether oxygens (including phenoxy) is 4. The molecule has 0 saturated carbocycles. The molecule has 0 atom stereocenters. The van der Waals surface area contributed by atoms with Gasteiger partial charge in [-0.2, -0.15) is 4.98 Å². The van der Waals surface area contributed by atoms with Crippen LogP contribution >= 0.6 is 7.82 Å². The van der Waals surface area contributed by atoms with Crippen molar-refractivity contribution >= 4 is 42.8 Å². The Morgan fingerprint density at radius 1 is 1.14 bits per heavy atom. The Hall–Kier alpha value is -2.24. The van der Waals surface area contributed by atoms with Crippen LogP contribution < -0.4 is 103 Å². The number of fused-ring (bicyclic) bond motifs is 1. The summed E-state index contributed by atoms with van der Waals surface area (Å²) in [6.45, 7) is -12.3. The van der Waals surface area contributed by atoms with E-state index in [-0.39, 0.29) is 82.1 Å². The summed E-state index contributed by atoms with van der Waals surface area (Å²) in [6.07, 6.45) is -1.05. The number of benzene rings is 1. The average molecular weight is 635 g/mol. The van der Waals surface area contributed by atoms with Gasteiger partial charge in [-0.1, -0.05) is 0 Å². The molecule has 0 fully saturated rings. The minimum Gasteiger partial charge on any atom is -0.790 e. The average Bonchev–Trinajstić information content (AvgIpc) is 2.98. The number of hydrogen-bond acceptors (Lipinski definition) is 14. The van der Waals surface area contributed by atoms with E-state index in [1.807, 2.05) is 0 Å². The van der Waals surface area contributed by atoms with Crippen LogP contribution in [-0.4, -0.2) is 54.5 Å². The minimum absolute atomic E-state index is 0. The normalized spacial score (nSPS) is 18.3. The number of nitrogens with zero attached hydrogens (tertiary/aromatic N) is 4. The summed E-state index contributed by atoms with van der Waals surface area (Å²) < 4.78 is 139. The van der Waals surface area contributed by atoms with Crippen LogP contribution in [0, 0.1) is 5.82 Å². The molecular weight excluding hydrogens is 600 g/mol. The van der Waals surface area contributed by atoms with Crippen molar-refractivity contribution in [2.75, 3.05) is 43.5 Å². The second-order valence-electron chi connectivity index (χ2n) is 7.40. The van der Waals surface area contributed by atoms with Gasteiger partial charge in [0.1, 0.15) is 12.5 Å². The topological polar surface area (TPSA) is 192 Å². The van der Waals surface area contributed by atoms with Crippen LogP contribution in [0.5, 0.6) is 23.0 Å². The van der Waals surface area contributed by atoms with Gasteiger partial charge in [0.15, 0.2) is 40.3 Å². The molecule has 42 heavy (non-hydrogen) atoms. The second-order valence-corrected chi connectivity index (χ2v) is 8.48. The van der Waals surface area contributed by atoms with Crippen molar-refractivity contribution < 1.29 is 121 Å². The zero-order valence-corrected chi connectivity index (χ0v) is 27.3. The number of hydrogen-bond donors (Lipinski definition) is 2. The van der Waals surface area contributed by atoms with E-state index in [1.165, 1.54) is 33.5 Å². The molecule has 19 heteroatoms. The maximum absolute atomic E-state index is 15.2. The number of phosphoric acid groups is 1. The fourth-order valence-corrected chi connectivity index (χ4v) is 3.31. The predicted octanol–water partition coefficient (Wildman–Crippen LogP) is -4.16. The molecule has 1 aromatic carbocycles. The van der Waals surface area contributed by atoms with Crippen molar-refractivity contribution in [3.8, 4) is 23.0 Å². The van der Waals surface area contributed by atoms with Gasteiger partial charge in [-0.3, -0.25) is 9.69 Å². The van der Waals surface area contributed by atoms with E-state index in [0.29, 0.717) is 0 Å². The van der Waals surface area contributed by atoms with Crippen molar-refractivity contribution in [1.29, 1.82) is 0 Å². The van der Waals surface area contributed by atoms with E-state index in [1.54, 1.807) is 0 Å². The fraction of sp³-hybridized carbons (Fsp3) is 0.304. The molecule has 1 amide bonds. The molecule has 0 unspecified atom stereocenters. The van der Waals surface area contributed by atoms with Crippen molar-refractivity contribution in [3.63, 3.8) is 0 Å². The van der Waals surface area contributed by atoms with Gasteiger partial charge in [0.25, 0.3) is 5.91 Å². The molecule has 0 radical (unpaired) electrons. The van der Waals surface area contributed by atoms with E-state index >= 15 is 4.39 Å². The van der Waals surface area contributed by atoms with Gasteiger partial charge in [-0.25, -0.2) is 14.4 Å². The molecule has 15 nitrogen and oxygen atoms in total. The van der Waals surface area contributed by atoms with E-state index in [0.717, 1.165) is 0 Å². The number of phosphoric ester groups is 1. The Labute approximate surface area is 299 Å². The van der Waals surface area contributed by atoms with E-state index in [9.17, 15) is 19.1 Å². The quantitative estimate of drug-likeness (QED) is 0.161. The Morgan fingerprint density at radius 2 is 1.81 bits per heavy atom. The maximum Gasteiger partial charge on any atom is 1.00 e. The van der Waals surface area contributed by atoms with Crippen LogP contribution in [0.4, 0.5) is 33.5 Å². The monoisotopic (exact) mass is 635 g/mol. The van der Waals surface area contributed by atoms with Gasteiger partial charge in [0, 0.05) is 26.0 Å². The van der Waals surface area contributed by atoms with E-state index < -0.39 is 97.8 Å². The standard InChI is InChI=1S/C23H26FN6O9P.2Na/c1-23(2)21(31)30(11-38-40(32,33)34)20-14(39-23)6-7-17(28-20)27-19-13(24)10-25-22(29-19)26-12-8-15(35-3)18(37-5)16(9-12)36-4;;/h6-10H,11H2,1-5H3,(H2,32,33,34)(H2,25,26,27,28,29);;/q;2*+1/p-2/i1D3,2D3,6D,7D,10D,11D2;;. The Morgan fingerprint density at radius 3 is 2.38 bits per heavy atom. The molecule has 3 heterocycles. The van der Waals surface area contributed by atoms with E-state index in [4.69, 9.17) is 34.0 Å². The summed E-state index contributed by atoms with van der Waals surface area (Å²) >= 11 is 0. The SMILES string of the molecule is [2H]c1nc(Nc2cc(OC)c(OC)c(OC)c2)nc(Nc2nc3c(c([2H])c2[2H])OC(C([2H])([2H])[2H])(C([2H])([2H])[2H])C(=O)N3C([2H])([2H])OP(=O)([O-])[O-])c1F.[Na+].[Na+]. The van der Waals surface area contributed by atoms with Gasteiger partial charge in [0.2, 0.25) is 11.7 Å². The molecule has 3 aromatic rings.